The number of benzene rings is 1. The molecule has 1 fully saturated rings. The standard InChI is InChI=1S/C18H30N2O/c1-15-5-4-11-18(13-15,14-19)20(2)12-10-16-6-8-17(21-3)9-7-16/h6-9,15H,4-5,10-14,19H2,1-3H3. The summed E-state index contributed by atoms with van der Waals surface area (Å²) in [7, 11) is 3.95. The number of rotatable bonds is 6. The Morgan fingerprint density at radius 1 is 1.33 bits per heavy atom. The first-order valence-electron chi connectivity index (χ1n) is 8.14. The normalized spacial score (nSPS) is 26.0. The zero-order valence-electron chi connectivity index (χ0n) is 13.8. The third-order valence-electron chi connectivity index (χ3n) is 5.15. The number of nitrogens with two attached hydrogens (primary N) is 1. The molecule has 0 spiro atoms. The monoisotopic (exact) mass is 290 g/mol. The predicted octanol–water partition coefficient (Wildman–Crippen LogP) is 3.08. The number of hydrogen-bond donors (Lipinski definition) is 1. The molecule has 0 aromatic heterocycles. The quantitative estimate of drug-likeness (QED) is 0.875. The second kappa shape index (κ2) is 7.28. The third-order valence-corrected chi connectivity index (χ3v) is 5.15. The third kappa shape index (κ3) is 3.98. The maximum absolute atomic E-state index is 6.15. The fourth-order valence-electron chi connectivity index (χ4n) is 3.65. The molecule has 1 aliphatic rings. The van der Waals surface area contributed by atoms with E-state index in [4.69, 9.17) is 10.5 Å². The zero-order valence-corrected chi connectivity index (χ0v) is 13.8. The van der Waals surface area contributed by atoms with Gasteiger partial charge in [-0.15, -0.1) is 0 Å². The largest absolute Gasteiger partial charge is 0.497 e. The smallest absolute Gasteiger partial charge is 0.118 e. The molecule has 21 heavy (non-hydrogen) atoms. The molecule has 2 N–H and O–H groups in total. The maximum atomic E-state index is 6.15. The summed E-state index contributed by atoms with van der Waals surface area (Å²) in [5.41, 5.74) is 7.72. The molecule has 0 aliphatic heterocycles. The topological polar surface area (TPSA) is 38.5 Å². The van der Waals surface area contributed by atoms with E-state index in [0.717, 1.165) is 31.2 Å². The second-order valence-electron chi connectivity index (χ2n) is 6.65. The average Bonchev–Trinajstić information content (AvgIpc) is 2.52. The van der Waals surface area contributed by atoms with Gasteiger partial charge in [-0.1, -0.05) is 31.9 Å². The van der Waals surface area contributed by atoms with E-state index in [-0.39, 0.29) is 5.54 Å². The summed E-state index contributed by atoms with van der Waals surface area (Å²) >= 11 is 0. The minimum atomic E-state index is 0.212. The molecular weight excluding hydrogens is 260 g/mol. The van der Waals surface area contributed by atoms with Crippen molar-refractivity contribution in [1.82, 2.24) is 4.90 Å². The van der Waals surface area contributed by atoms with Gasteiger partial charge in [0, 0.05) is 18.6 Å². The van der Waals surface area contributed by atoms with Crippen LogP contribution in [0.3, 0.4) is 0 Å². The van der Waals surface area contributed by atoms with E-state index >= 15 is 0 Å². The molecule has 1 saturated carbocycles. The van der Waals surface area contributed by atoms with Crippen molar-refractivity contribution in [3.8, 4) is 5.75 Å². The zero-order chi connectivity index (χ0) is 15.3. The summed E-state index contributed by atoms with van der Waals surface area (Å²) in [6.45, 7) is 4.20. The van der Waals surface area contributed by atoms with E-state index < -0.39 is 0 Å². The first kappa shape index (κ1) is 16.3. The Balaban J connectivity index is 1.94. The second-order valence-corrected chi connectivity index (χ2v) is 6.65. The highest BCUT2D eigenvalue weighted by Gasteiger charge is 2.36. The van der Waals surface area contributed by atoms with Crippen molar-refractivity contribution in [1.29, 1.82) is 0 Å². The fourth-order valence-corrected chi connectivity index (χ4v) is 3.65. The minimum absolute atomic E-state index is 0.212. The first-order chi connectivity index (χ1) is 10.1. The van der Waals surface area contributed by atoms with Crippen molar-refractivity contribution in [3.05, 3.63) is 29.8 Å². The summed E-state index contributed by atoms with van der Waals surface area (Å²) in [5, 5.41) is 0. The molecule has 2 rings (SSSR count). The Hall–Kier alpha value is -1.06. The van der Waals surface area contributed by atoms with Crippen LogP contribution in [-0.2, 0) is 6.42 Å². The Morgan fingerprint density at radius 2 is 2.05 bits per heavy atom. The first-order valence-corrected chi connectivity index (χ1v) is 8.14. The molecular formula is C18H30N2O. The van der Waals surface area contributed by atoms with Crippen molar-refractivity contribution < 1.29 is 4.74 Å². The molecule has 2 atom stereocenters. The van der Waals surface area contributed by atoms with Crippen molar-refractivity contribution in [2.45, 2.75) is 44.6 Å². The molecule has 0 radical (unpaired) electrons. The SMILES string of the molecule is COc1ccc(CCN(C)C2(CN)CCCC(C)C2)cc1. The van der Waals surface area contributed by atoms with E-state index in [9.17, 15) is 0 Å². The van der Waals surface area contributed by atoms with Crippen LogP contribution in [0.5, 0.6) is 5.75 Å². The lowest BCUT2D eigenvalue weighted by atomic mass is 9.75. The number of likely N-dealkylation sites (N-methyl/N-ethyl adjacent to an activating group) is 1. The van der Waals surface area contributed by atoms with Crippen LogP contribution >= 0.6 is 0 Å². The highest BCUT2D eigenvalue weighted by molar-refractivity contribution is 5.27. The van der Waals surface area contributed by atoms with E-state index in [1.165, 1.54) is 31.2 Å². The van der Waals surface area contributed by atoms with Crippen LogP contribution in [-0.4, -0.2) is 37.7 Å². The van der Waals surface area contributed by atoms with Gasteiger partial charge in [-0.05, 0) is 49.9 Å². The van der Waals surface area contributed by atoms with Gasteiger partial charge in [0.05, 0.1) is 7.11 Å². The van der Waals surface area contributed by atoms with Gasteiger partial charge in [-0.2, -0.15) is 0 Å². The van der Waals surface area contributed by atoms with Crippen LogP contribution in [0.25, 0.3) is 0 Å². The Kier molecular flexibility index (Phi) is 5.65. The molecule has 0 heterocycles. The molecule has 0 saturated heterocycles. The van der Waals surface area contributed by atoms with Gasteiger partial charge < -0.3 is 10.5 Å². The van der Waals surface area contributed by atoms with Gasteiger partial charge in [0.15, 0.2) is 0 Å². The fraction of sp³-hybridized carbons (Fsp3) is 0.667. The van der Waals surface area contributed by atoms with Crippen molar-refractivity contribution in [2.75, 3.05) is 27.2 Å². The average molecular weight is 290 g/mol. The molecule has 2 unspecified atom stereocenters. The number of methoxy groups -OCH3 is 1. The molecule has 118 valence electrons. The predicted molar refractivity (Wildman–Crippen MR) is 88.7 cm³/mol. The van der Waals surface area contributed by atoms with Crippen LogP contribution in [0.4, 0.5) is 0 Å². The molecule has 0 bridgehead atoms. The van der Waals surface area contributed by atoms with Crippen LogP contribution in [0.2, 0.25) is 0 Å². The van der Waals surface area contributed by atoms with Crippen molar-refractivity contribution in [2.24, 2.45) is 11.7 Å². The van der Waals surface area contributed by atoms with E-state index in [1.807, 2.05) is 12.1 Å². The van der Waals surface area contributed by atoms with Gasteiger partial charge in [0.25, 0.3) is 0 Å². The lowest BCUT2D eigenvalue weighted by molar-refractivity contribution is 0.0626. The maximum Gasteiger partial charge on any atom is 0.118 e. The molecule has 1 aromatic rings. The number of hydrogen-bond acceptors (Lipinski definition) is 3. The van der Waals surface area contributed by atoms with Gasteiger partial charge in [0.2, 0.25) is 0 Å². The lowest BCUT2D eigenvalue weighted by Crippen LogP contribution is -2.55. The molecule has 1 aliphatic carbocycles. The highest BCUT2D eigenvalue weighted by Crippen LogP contribution is 2.35. The molecule has 3 nitrogen and oxygen atoms in total. The van der Waals surface area contributed by atoms with Gasteiger partial charge in [-0.3, -0.25) is 4.90 Å². The Bertz CT molecular complexity index is 431. The number of ether oxygens (including phenoxy) is 1. The van der Waals surface area contributed by atoms with Crippen molar-refractivity contribution in [3.63, 3.8) is 0 Å². The Labute approximate surface area is 129 Å². The molecule has 1 aromatic carbocycles. The van der Waals surface area contributed by atoms with Gasteiger partial charge in [-0.25, -0.2) is 0 Å². The van der Waals surface area contributed by atoms with E-state index in [2.05, 4.69) is 31.0 Å². The highest BCUT2D eigenvalue weighted by atomic mass is 16.5. The molecule has 0 amide bonds. The van der Waals surface area contributed by atoms with Crippen LogP contribution in [0.1, 0.15) is 38.2 Å². The van der Waals surface area contributed by atoms with E-state index in [1.54, 1.807) is 7.11 Å². The summed E-state index contributed by atoms with van der Waals surface area (Å²) in [4.78, 5) is 2.51. The van der Waals surface area contributed by atoms with Gasteiger partial charge >= 0.3 is 0 Å². The van der Waals surface area contributed by atoms with Crippen LogP contribution in [0.15, 0.2) is 24.3 Å². The number of nitrogens with zero attached hydrogens (tertiary/aromatic N) is 1. The van der Waals surface area contributed by atoms with Crippen LogP contribution < -0.4 is 10.5 Å². The van der Waals surface area contributed by atoms with Gasteiger partial charge in [0.1, 0.15) is 5.75 Å². The summed E-state index contributed by atoms with van der Waals surface area (Å²) < 4.78 is 5.21. The van der Waals surface area contributed by atoms with Crippen LogP contribution in [0, 0.1) is 5.92 Å². The summed E-state index contributed by atoms with van der Waals surface area (Å²) in [6, 6.07) is 8.39. The summed E-state index contributed by atoms with van der Waals surface area (Å²) in [6.07, 6.45) is 6.21. The van der Waals surface area contributed by atoms with Crippen molar-refractivity contribution >= 4 is 0 Å². The minimum Gasteiger partial charge on any atom is -0.497 e. The van der Waals surface area contributed by atoms with E-state index in [0.29, 0.717) is 0 Å². The summed E-state index contributed by atoms with van der Waals surface area (Å²) in [5.74, 6) is 1.72. The Morgan fingerprint density at radius 3 is 2.62 bits per heavy atom. The molecule has 3 heteroatoms. The lowest BCUT2D eigenvalue weighted by Gasteiger charge is -2.46.